The second-order valence-electron chi connectivity index (χ2n) is 4.71. The Morgan fingerprint density at radius 3 is 3.06 bits per heavy atom. The summed E-state index contributed by atoms with van der Waals surface area (Å²) in [7, 11) is 0. The number of hydrogen-bond acceptors (Lipinski definition) is 3. The molecule has 1 fully saturated rings. The van der Waals surface area contributed by atoms with Crippen molar-refractivity contribution in [2.75, 3.05) is 0 Å². The normalized spacial score (nSPS) is 25.2. The van der Waals surface area contributed by atoms with E-state index in [9.17, 15) is 4.79 Å². The smallest absolute Gasteiger partial charge is 0.326 e. The minimum absolute atomic E-state index is 0.0701. The summed E-state index contributed by atoms with van der Waals surface area (Å²) in [5.41, 5.74) is 7.76. The van der Waals surface area contributed by atoms with Gasteiger partial charge in [0.1, 0.15) is 0 Å². The molecule has 1 aliphatic carbocycles. The van der Waals surface area contributed by atoms with Gasteiger partial charge in [0, 0.05) is 12.2 Å². The topological polar surface area (TPSA) is 76.7 Å². The van der Waals surface area contributed by atoms with Crippen LogP contribution in [0.25, 0.3) is 11.0 Å². The van der Waals surface area contributed by atoms with Crippen LogP contribution in [0.4, 0.5) is 0 Å². The van der Waals surface area contributed by atoms with Crippen molar-refractivity contribution >= 4 is 11.0 Å². The van der Waals surface area contributed by atoms with Crippen molar-refractivity contribution in [2.45, 2.75) is 37.8 Å². The van der Waals surface area contributed by atoms with Crippen molar-refractivity contribution in [3.63, 3.8) is 0 Å². The van der Waals surface area contributed by atoms with Gasteiger partial charge in [0.15, 0.2) is 0 Å². The second kappa shape index (κ2) is 4.00. The molecule has 2 atom stereocenters. The Morgan fingerprint density at radius 1 is 1.41 bits per heavy atom. The van der Waals surface area contributed by atoms with Crippen molar-refractivity contribution < 1.29 is 0 Å². The van der Waals surface area contributed by atoms with Crippen molar-refractivity contribution in [1.82, 2.24) is 14.5 Å². The van der Waals surface area contributed by atoms with Crippen LogP contribution in [-0.2, 0) is 0 Å². The summed E-state index contributed by atoms with van der Waals surface area (Å²) >= 11 is 0. The van der Waals surface area contributed by atoms with E-state index in [4.69, 9.17) is 5.73 Å². The number of aromatic nitrogens is 3. The van der Waals surface area contributed by atoms with E-state index < -0.39 is 0 Å². The summed E-state index contributed by atoms with van der Waals surface area (Å²) in [6.45, 7) is 0. The first-order valence-corrected chi connectivity index (χ1v) is 6.07. The molecule has 0 amide bonds. The van der Waals surface area contributed by atoms with Crippen LogP contribution >= 0.6 is 0 Å². The van der Waals surface area contributed by atoms with Gasteiger partial charge < -0.3 is 10.7 Å². The number of nitrogens with zero attached hydrogens (tertiary/aromatic N) is 2. The Bertz CT molecular complexity index is 585. The lowest BCUT2D eigenvalue weighted by Gasteiger charge is -2.29. The zero-order valence-corrected chi connectivity index (χ0v) is 9.60. The minimum Gasteiger partial charge on any atom is -0.326 e. The Morgan fingerprint density at radius 2 is 2.24 bits per heavy atom. The summed E-state index contributed by atoms with van der Waals surface area (Å²) in [5.74, 6) is 0. The molecule has 0 bridgehead atoms. The molecule has 0 saturated heterocycles. The molecular weight excluding hydrogens is 216 g/mol. The first-order chi connectivity index (χ1) is 8.27. The molecule has 0 spiro atoms. The first kappa shape index (κ1) is 10.5. The molecule has 0 aromatic carbocycles. The van der Waals surface area contributed by atoms with Gasteiger partial charge in [0.05, 0.1) is 23.3 Å². The van der Waals surface area contributed by atoms with E-state index >= 15 is 0 Å². The first-order valence-electron chi connectivity index (χ1n) is 6.07. The predicted molar refractivity (Wildman–Crippen MR) is 65.8 cm³/mol. The third-order valence-corrected chi connectivity index (χ3v) is 3.63. The molecule has 2 aromatic rings. The van der Waals surface area contributed by atoms with Crippen molar-refractivity contribution in [3.8, 4) is 0 Å². The molecule has 5 heteroatoms. The van der Waals surface area contributed by atoms with Crippen LogP contribution in [0.1, 0.15) is 31.7 Å². The molecule has 3 N–H and O–H groups in total. The highest BCUT2D eigenvalue weighted by molar-refractivity contribution is 5.73. The third kappa shape index (κ3) is 1.67. The Kier molecular flexibility index (Phi) is 2.48. The molecule has 0 radical (unpaired) electrons. The maximum absolute atomic E-state index is 12.0. The standard InChI is InChI=1S/C12H16N4O/c13-8-3-1-2-4-10(8)16-11-7-14-6-5-9(11)15-12(16)17/h5-8,10H,1-4,13H2,(H,15,17). The quantitative estimate of drug-likeness (QED) is 0.774. The molecular formula is C12H16N4O. The Labute approximate surface area is 98.7 Å². The molecule has 2 aromatic heterocycles. The van der Waals surface area contributed by atoms with Crippen LogP contribution in [0.2, 0.25) is 0 Å². The summed E-state index contributed by atoms with van der Waals surface area (Å²) in [5, 5.41) is 0. The number of nitrogens with one attached hydrogen (secondary N) is 1. The van der Waals surface area contributed by atoms with Gasteiger partial charge >= 0.3 is 5.69 Å². The summed E-state index contributed by atoms with van der Waals surface area (Å²) in [6, 6.07) is 2.00. The van der Waals surface area contributed by atoms with Crippen molar-refractivity contribution in [2.24, 2.45) is 5.73 Å². The van der Waals surface area contributed by atoms with Crippen molar-refractivity contribution in [1.29, 1.82) is 0 Å². The van der Waals surface area contributed by atoms with Gasteiger partial charge in [0.25, 0.3) is 0 Å². The SMILES string of the molecule is NC1CCCCC1n1c(=O)[nH]c2ccncc21. The molecule has 90 valence electrons. The largest absolute Gasteiger partial charge is 0.326 e. The predicted octanol–water partition coefficient (Wildman–Crippen LogP) is 1.17. The van der Waals surface area contributed by atoms with E-state index in [1.165, 1.54) is 0 Å². The molecule has 3 rings (SSSR count). The number of imidazole rings is 1. The van der Waals surface area contributed by atoms with E-state index in [1.54, 1.807) is 17.0 Å². The minimum atomic E-state index is -0.0737. The molecule has 1 aliphatic rings. The van der Waals surface area contributed by atoms with Crippen LogP contribution in [0, 0.1) is 0 Å². The lowest BCUT2D eigenvalue weighted by atomic mass is 9.91. The Hall–Kier alpha value is -1.62. The number of nitrogens with two attached hydrogens (primary N) is 1. The zero-order chi connectivity index (χ0) is 11.8. The highest BCUT2D eigenvalue weighted by atomic mass is 16.1. The second-order valence-corrected chi connectivity index (χ2v) is 4.71. The molecule has 1 saturated carbocycles. The maximum Gasteiger partial charge on any atom is 0.326 e. The van der Waals surface area contributed by atoms with E-state index in [1.807, 2.05) is 6.07 Å². The van der Waals surface area contributed by atoms with Crippen LogP contribution < -0.4 is 11.4 Å². The van der Waals surface area contributed by atoms with Gasteiger partial charge in [-0.25, -0.2) is 4.79 Å². The highest BCUT2D eigenvalue weighted by Gasteiger charge is 2.26. The molecule has 0 aliphatic heterocycles. The van der Waals surface area contributed by atoms with E-state index in [-0.39, 0.29) is 17.8 Å². The van der Waals surface area contributed by atoms with Gasteiger partial charge in [-0.05, 0) is 18.9 Å². The van der Waals surface area contributed by atoms with Gasteiger partial charge in [-0.1, -0.05) is 12.8 Å². The average Bonchev–Trinajstić information content (AvgIpc) is 2.66. The summed E-state index contributed by atoms with van der Waals surface area (Å²) < 4.78 is 1.78. The van der Waals surface area contributed by atoms with Crippen LogP contribution in [-0.4, -0.2) is 20.6 Å². The maximum atomic E-state index is 12.0. The average molecular weight is 232 g/mol. The summed E-state index contributed by atoms with van der Waals surface area (Å²) in [6.07, 6.45) is 7.68. The van der Waals surface area contributed by atoms with Crippen LogP contribution in [0.5, 0.6) is 0 Å². The molecule has 2 heterocycles. The number of hydrogen-bond donors (Lipinski definition) is 2. The summed E-state index contributed by atoms with van der Waals surface area (Å²) in [4.78, 5) is 19.0. The number of H-pyrrole nitrogens is 1. The molecule has 5 nitrogen and oxygen atoms in total. The van der Waals surface area contributed by atoms with Crippen LogP contribution in [0.3, 0.4) is 0 Å². The molecule has 2 unspecified atom stereocenters. The highest BCUT2D eigenvalue weighted by Crippen LogP contribution is 2.28. The van der Waals surface area contributed by atoms with Gasteiger partial charge in [-0.15, -0.1) is 0 Å². The zero-order valence-electron chi connectivity index (χ0n) is 9.60. The number of fused-ring (bicyclic) bond motifs is 1. The van der Waals surface area contributed by atoms with E-state index in [0.29, 0.717) is 0 Å². The lowest BCUT2D eigenvalue weighted by Crippen LogP contribution is -2.38. The van der Waals surface area contributed by atoms with Gasteiger partial charge in [0.2, 0.25) is 0 Å². The van der Waals surface area contributed by atoms with Crippen LogP contribution in [0.15, 0.2) is 23.3 Å². The van der Waals surface area contributed by atoms with Gasteiger partial charge in [-0.2, -0.15) is 0 Å². The Balaban J connectivity index is 2.15. The van der Waals surface area contributed by atoms with E-state index in [0.717, 1.165) is 36.7 Å². The van der Waals surface area contributed by atoms with Gasteiger partial charge in [-0.3, -0.25) is 9.55 Å². The third-order valence-electron chi connectivity index (χ3n) is 3.63. The number of pyridine rings is 1. The number of aromatic amines is 1. The van der Waals surface area contributed by atoms with Crippen molar-refractivity contribution in [3.05, 3.63) is 28.9 Å². The molecule has 17 heavy (non-hydrogen) atoms. The fourth-order valence-corrected chi connectivity index (χ4v) is 2.76. The monoisotopic (exact) mass is 232 g/mol. The fourth-order valence-electron chi connectivity index (χ4n) is 2.76. The lowest BCUT2D eigenvalue weighted by molar-refractivity contribution is 0.306. The number of rotatable bonds is 1. The van der Waals surface area contributed by atoms with E-state index in [2.05, 4.69) is 9.97 Å². The fraction of sp³-hybridized carbons (Fsp3) is 0.500.